The van der Waals surface area contributed by atoms with E-state index in [0.29, 0.717) is 19.7 Å². The molecule has 0 radical (unpaired) electrons. The molecule has 0 saturated heterocycles. The van der Waals surface area contributed by atoms with Gasteiger partial charge in [-0.15, -0.1) is 0 Å². The normalized spacial score (nSPS) is 10.4. The number of carbonyl (C=O) groups is 2. The number of carbonyl (C=O) groups excluding carboxylic acids is 2. The molecule has 0 aromatic carbocycles. The largest absolute Gasteiger partial charge is 0.469 e. The fourth-order valence-corrected chi connectivity index (χ4v) is 1.33. The van der Waals surface area contributed by atoms with Crippen LogP contribution in [0.2, 0.25) is 0 Å². The van der Waals surface area contributed by atoms with E-state index in [0.717, 1.165) is 6.42 Å². The summed E-state index contributed by atoms with van der Waals surface area (Å²) in [7, 11) is 1.34. The highest BCUT2D eigenvalue weighted by molar-refractivity contribution is 5.74. The average molecular weight is 245 g/mol. The first kappa shape index (κ1) is 15.9. The molecule has 0 fully saturated rings. The Morgan fingerprint density at radius 3 is 2.35 bits per heavy atom. The first-order chi connectivity index (χ1) is 7.97. The number of rotatable bonds is 8. The van der Waals surface area contributed by atoms with Gasteiger partial charge in [-0.3, -0.25) is 9.59 Å². The van der Waals surface area contributed by atoms with Crippen molar-refractivity contribution in [3.8, 4) is 0 Å². The van der Waals surface area contributed by atoms with Crippen LogP contribution in [0.3, 0.4) is 0 Å². The lowest BCUT2D eigenvalue weighted by Crippen LogP contribution is -2.32. The van der Waals surface area contributed by atoms with E-state index in [4.69, 9.17) is 4.74 Å². The van der Waals surface area contributed by atoms with E-state index in [1.54, 1.807) is 4.90 Å². The van der Waals surface area contributed by atoms with Crippen LogP contribution in [-0.2, 0) is 19.1 Å². The molecule has 0 spiro atoms. The van der Waals surface area contributed by atoms with Gasteiger partial charge in [-0.1, -0.05) is 0 Å². The first-order valence-electron chi connectivity index (χ1n) is 5.91. The molecule has 0 rings (SSSR count). The van der Waals surface area contributed by atoms with Gasteiger partial charge in [0.05, 0.1) is 19.6 Å². The molecule has 0 unspecified atom stereocenters. The Morgan fingerprint density at radius 1 is 1.24 bits per heavy atom. The predicted molar refractivity (Wildman–Crippen MR) is 64.6 cm³/mol. The smallest absolute Gasteiger partial charge is 0.307 e. The number of esters is 1. The molecule has 5 nitrogen and oxygen atoms in total. The van der Waals surface area contributed by atoms with Crippen LogP contribution in [0.4, 0.5) is 0 Å². The molecule has 0 aromatic heterocycles. The van der Waals surface area contributed by atoms with Gasteiger partial charge in [0.15, 0.2) is 0 Å². The number of ether oxygens (including phenoxy) is 2. The molecule has 0 N–H and O–H groups in total. The monoisotopic (exact) mass is 245 g/mol. The number of nitrogens with zero attached hydrogens (tertiary/aromatic N) is 1. The van der Waals surface area contributed by atoms with Crippen molar-refractivity contribution in [2.45, 2.75) is 39.7 Å². The van der Waals surface area contributed by atoms with E-state index in [1.165, 1.54) is 14.0 Å². The lowest BCUT2D eigenvalue weighted by Gasteiger charge is -2.20. The number of methoxy groups -OCH3 is 1. The SMILES string of the molecule is COC(=O)CCN(CCCOC(C)C)C(C)=O. The van der Waals surface area contributed by atoms with E-state index < -0.39 is 0 Å². The van der Waals surface area contributed by atoms with Crippen molar-refractivity contribution < 1.29 is 19.1 Å². The predicted octanol–water partition coefficient (Wildman–Crippen LogP) is 1.21. The van der Waals surface area contributed by atoms with Gasteiger partial charge in [0, 0.05) is 26.6 Å². The van der Waals surface area contributed by atoms with Gasteiger partial charge < -0.3 is 14.4 Å². The third-order valence-corrected chi connectivity index (χ3v) is 2.28. The quantitative estimate of drug-likeness (QED) is 0.476. The Bertz CT molecular complexity index is 241. The fraction of sp³-hybridized carbons (Fsp3) is 0.833. The Labute approximate surface area is 103 Å². The van der Waals surface area contributed by atoms with Gasteiger partial charge in [-0.05, 0) is 20.3 Å². The van der Waals surface area contributed by atoms with Crippen LogP contribution in [0.25, 0.3) is 0 Å². The molecule has 0 atom stereocenters. The molecule has 0 aliphatic carbocycles. The second kappa shape index (κ2) is 8.98. The summed E-state index contributed by atoms with van der Waals surface area (Å²) in [5, 5.41) is 0. The highest BCUT2D eigenvalue weighted by Crippen LogP contribution is 1.98. The van der Waals surface area contributed by atoms with Gasteiger partial charge >= 0.3 is 5.97 Å². The second-order valence-electron chi connectivity index (χ2n) is 4.11. The van der Waals surface area contributed by atoms with Gasteiger partial charge in [0.2, 0.25) is 5.91 Å². The molecule has 1 amide bonds. The minimum atomic E-state index is -0.297. The first-order valence-corrected chi connectivity index (χ1v) is 5.91. The lowest BCUT2D eigenvalue weighted by atomic mass is 10.3. The molecule has 5 heteroatoms. The van der Waals surface area contributed by atoms with Crippen molar-refractivity contribution in [3.63, 3.8) is 0 Å². The Morgan fingerprint density at radius 2 is 1.88 bits per heavy atom. The molecule has 0 aliphatic rings. The Hall–Kier alpha value is -1.10. The highest BCUT2D eigenvalue weighted by atomic mass is 16.5. The molecule has 0 aromatic rings. The third kappa shape index (κ3) is 8.68. The maximum Gasteiger partial charge on any atom is 0.307 e. The van der Waals surface area contributed by atoms with Gasteiger partial charge in [-0.2, -0.15) is 0 Å². The zero-order valence-electron chi connectivity index (χ0n) is 11.2. The van der Waals surface area contributed by atoms with Gasteiger partial charge in [0.25, 0.3) is 0 Å². The van der Waals surface area contributed by atoms with E-state index in [1.807, 2.05) is 13.8 Å². The summed E-state index contributed by atoms with van der Waals surface area (Å²) in [4.78, 5) is 23.9. The fourth-order valence-electron chi connectivity index (χ4n) is 1.33. The maximum absolute atomic E-state index is 11.3. The van der Waals surface area contributed by atoms with Crippen molar-refractivity contribution in [1.82, 2.24) is 4.90 Å². The van der Waals surface area contributed by atoms with E-state index >= 15 is 0 Å². The Kier molecular flexibility index (Phi) is 8.40. The van der Waals surface area contributed by atoms with Crippen molar-refractivity contribution in [2.75, 3.05) is 26.8 Å². The van der Waals surface area contributed by atoms with Gasteiger partial charge in [0.1, 0.15) is 0 Å². The van der Waals surface area contributed by atoms with Crippen LogP contribution in [0, 0.1) is 0 Å². The minimum Gasteiger partial charge on any atom is -0.469 e. The summed E-state index contributed by atoms with van der Waals surface area (Å²) < 4.78 is 9.92. The molecule has 0 saturated carbocycles. The van der Waals surface area contributed by atoms with E-state index in [2.05, 4.69) is 4.74 Å². The maximum atomic E-state index is 11.3. The molecule has 0 bridgehead atoms. The molecule has 17 heavy (non-hydrogen) atoms. The van der Waals surface area contributed by atoms with Crippen LogP contribution in [0.5, 0.6) is 0 Å². The highest BCUT2D eigenvalue weighted by Gasteiger charge is 2.10. The van der Waals surface area contributed by atoms with Crippen molar-refractivity contribution in [3.05, 3.63) is 0 Å². The van der Waals surface area contributed by atoms with Crippen LogP contribution in [0.1, 0.15) is 33.6 Å². The summed E-state index contributed by atoms with van der Waals surface area (Å²) >= 11 is 0. The standard InChI is InChI=1S/C12H23NO4/c1-10(2)17-9-5-7-13(11(3)14)8-6-12(15)16-4/h10H,5-9H2,1-4H3. The summed E-state index contributed by atoms with van der Waals surface area (Å²) in [6.07, 6.45) is 1.22. The van der Waals surface area contributed by atoms with Crippen molar-refractivity contribution >= 4 is 11.9 Å². The van der Waals surface area contributed by atoms with Crippen molar-refractivity contribution in [1.29, 1.82) is 0 Å². The summed E-state index contributed by atoms with van der Waals surface area (Å²) in [6.45, 7) is 7.09. The summed E-state index contributed by atoms with van der Waals surface area (Å²) in [5.41, 5.74) is 0. The number of hydrogen-bond donors (Lipinski definition) is 0. The lowest BCUT2D eigenvalue weighted by molar-refractivity contribution is -0.141. The zero-order valence-corrected chi connectivity index (χ0v) is 11.2. The number of hydrogen-bond acceptors (Lipinski definition) is 4. The zero-order chi connectivity index (χ0) is 13.3. The van der Waals surface area contributed by atoms with Gasteiger partial charge in [-0.25, -0.2) is 0 Å². The van der Waals surface area contributed by atoms with Crippen LogP contribution in [-0.4, -0.2) is 49.7 Å². The molecular formula is C12H23NO4. The van der Waals surface area contributed by atoms with Crippen LogP contribution < -0.4 is 0 Å². The average Bonchev–Trinajstić information content (AvgIpc) is 2.26. The van der Waals surface area contributed by atoms with E-state index in [9.17, 15) is 9.59 Å². The minimum absolute atomic E-state index is 0.0292. The van der Waals surface area contributed by atoms with Crippen LogP contribution >= 0.6 is 0 Å². The second-order valence-corrected chi connectivity index (χ2v) is 4.11. The number of amides is 1. The molecule has 0 aliphatic heterocycles. The van der Waals surface area contributed by atoms with Crippen molar-refractivity contribution in [2.24, 2.45) is 0 Å². The van der Waals surface area contributed by atoms with E-state index in [-0.39, 0.29) is 24.4 Å². The summed E-state index contributed by atoms with van der Waals surface area (Å²) in [6, 6.07) is 0. The van der Waals surface area contributed by atoms with Crippen LogP contribution in [0.15, 0.2) is 0 Å². The topological polar surface area (TPSA) is 55.8 Å². The molecule has 100 valence electrons. The molecule has 0 heterocycles. The molecular weight excluding hydrogens is 222 g/mol. The Balaban J connectivity index is 3.83. The summed E-state index contributed by atoms with van der Waals surface area (Å²) in [5.74, 6) is -0.326. The third-order valence-electron chi connectivity index (χ3n) is 2.28.